The lowest BCUT2D eigenvalue weighted by molar-refractivity contribution is -0.118. The molecular weight excluding hydrogens is 286 g/mol. The molecule has 1 atom stereocenters. The maximum Gasteiger partial charge on any atom is 0.247 e. The lowest BCUT2D eigenvalue weighted by atomic mass is 10.1. The highest BCUT2D eigenvalue weighted by molar-refractivity contribution is 5.93. The van der Waals surface area contributed by atoms with Gasteiger partial charge in [-0.15, -0.1) is 0 Å². The van der Waals surface area contributed by atoms with Gasteiger partial charge in [0.05, 0.1) is 6.61 Å². The summed E-state index contributed by atoms with van der Waals surface area (Å²) in [6, 6.07) is -0.211. The van der Waals surface area contributed by atoms with Crippen LogP contribution in [0.25, 0.3) is 0 Å². The van der Waals surface area contributed by atoms with Gasteiger partial charge in [0.25, 0.3) is 0 Å². The molecule has 0 unspecified atom stereocenters. The van der Waals surface area contributed by atoms with Crippen molar-refractivity contribution < 1.29 is 9.90 Å². The lowest BCUT2D eigenvalue weighted by Crippen LogP contribution is -2.35. The molecule has 0 rings (SSSR count). The van der Waals surface area contributed by atoms with E-state index in [-0.39, 0.29) is 18.6 Å². The lowest BCUT2D eigenvalue weighted by Gasteiger charge is -2.10. The number of aliphatic hydroxyl groups is 1. The van der Waals surface area contributed by atoms with Gasteiger partial charge in [0.2, 0.25) is 5.91 Å². The van der Waals surface area contributed by atoms with Crippen LogP contribution in [0.3, 0.4) is 0 Å². The maximum absolute atomic E-state index is 11.7. The van der Waals surface area contributed by atoms with Crippen LogP contribution in [0.15, 0.2) is 36.0 Å². The van der Waals surface area contributed by atoms with Crippen LogP contribution in [-0.4, -0.2) is 23.7 Å². The maximum atomic E-state index is 11.7. The summed E-state index contributed by atoms with van der Waals surface area (Å²) >= 11 is 0. The molecule has 2 N–H and O–H groups in total. The zero-order valence-corrected chi connectivity index (χ0v) is 15.2. The number of carbonyl (C=O) groups excluding carboxylic acids is 1. The predicted octanol–water partition coefficient (Wildman–Crippen LogP) is 4.68. The van der Waals surface area contributed by atoms with E-state index in [0.29, 0.717) is 5.57 Å². The average molecular weight is 322 g/mol. The molecular formula is C20H35NO2. The fourth-order valence-electron chi connectivity index (χ4n) is 2.12. The van der Waals surface area contributed by atoms with Gasteiger partial charge in [-0.2, -0.15) is 0 Å². The van der Waals surface area contributed by atoms with Gasteiger partial charge in [-0.05, 0) is 26.7 Å². The molecule has 0 fully saturated rings. The average Bonchev–Trinajstić information content (AvgIpc) is 2.55. The Labute approximate surface area is 142 Å². The molecule has 0 aromatic heterocycles. The second-order valence-electron chi connectivity index (χ2n) is 6.13. The minimum atomic E-state index is -0.211. The molecule has 0 bridgehead atoms. The SMILES string of the molecule is CCCCCCCCC\C=C/C=C/C=C(\C)C(=O)N[C@@H](C)CO. The van der Waals surface area contributed by atoms with Crippen molar-refractivity contribution in [1.82, 2.24) is 5.32 Å². The molecule has 1 amide bonds. The molecule has 0 spiro atoms. The van der Waals surface area contributed by atoms with Gasteiger partial charge in [-0.25, -0.2) is 0 Å². The Kier molecular flexibility index (Phi) is 14.6. The third-order valence-electron chi connectivity index (χ3n) is 3.69. The summed E-state index contributed by atoms with van der Waals surface area (Å²) in [6.45, 7) is 5.74. The van der Waals surface area contributed by atoms with E-state index in [1.54, 1.807) is 19.9 Å². The van der Waals surface area contributed by atoms with E-state index in [4.69, 9.17) is 5.11 Å². The first-order valence-electron chi connectivity index (χ1n) is 9.03. The summed E-state index contributed by atoms with van der Waals surface area (Å²) in [5.74, 6) is -0.136. The fraction of sp³-hybridized carbons (Fsp3) is 0.650. The highest BCUT2D eigenvalue weighted by atomic mass is 16.3. The molecule has 0 radical (unpaired) electrons. The molecule has 0 aromatic rings. The van der Waals surface area contributed by atoms with E-state index in [9.17, 15) is 4.79 Å². The van der Waals surface area contributed by atoms with E-state index in [0.717, 1.165) is 6.42 Å². The van der Waals surface area contributed by atoms with Crippen molar-refractivity contribution in [2.45, 2.75) is 78.2 Å². The normalized spacial score (nSPS) is 13.8. The van der Waals surface area contributed by atoms with Gasteiger partial charge in [-0.3, -0.25) is 4.79 Å². The van der Waals surface area contributed by atoms with Crippen molar-refractivity contribution in [2.24, 2.45) is 0 Å². The van der Waals surface area contributed by atoms with E-state index >= 15 is 0 Å². The van der Waals surface area contributed by atoms with Gasteiger partial charge in [0.15, 0.2) is 0 Å². The number of nitrogens with one attached hydrogen (secondary N) is 1. The molecule has 0 saturated heterocycles. The summed E-state index contributed by atoms with van der Waals surface area (Å²) in [5.41, 5.74) is 0.641. The molecule has 3 nitrogen and oxygen atoms in total. The van der Waals surface area contributed by atoms with E-state index in [1.807, 2.05) is 18.2 Å². The third-order valence-corrected chi connectivity index (χ3v) is 3.69. The summed E-state index contributed by atoms with van der Waals surface area (Å²) in [4.78, 5) is 11.7. The Hall–Kier alpha value is -1.35. The largest absolute Gasteiger partial charge is 0.394 e. The smallest absolute Gasteiger partial charge is 0.247 e. The zero-order valence-electron chi connectivity index (χ0n) is 15.2. The van der Waals surface area contributed by atoms with E-state index in [2.05, 4.69) is 18.3 Å². The Morgan fingerprint density at radius 3 is 2.35 bits per heavy atom. The molecule has 0 saturated carbocycles. The van der Waals surface area contributed by atoms with E-state index < -0.39 is 0 Å². The summed E-state index contributed by atoms with van der Waals surface area (Å²) in [5, 5.41) is 11.6. The molecule has 3 heteroatoms. The van der Waals surface area contributed by atoms with Gasteiger partial charge in [-0.1, -0.05) is 75.8 Å². The molecule has 0 aliphatic heterocycles. The number of hydrogen-bond donors (Lipinski definition) is 2. The Balaban J connectivity index is 3.75. The number of allylic oxidation sites excluding steroid dienone is 5. The highest BCUT2D eigenvalue weighted by Gasteiger charge is 2.06. The standard InChI is InChI=1S/C20H35NO2/c1-4-5-6-7-8-9-10-11-12-13-14-15-16-18(2)20(23)21-19(3)17-22/h12-16,19,22H,4-11,17H2,1-3H3,(H,21,23)/b13-12-,15-14+,18-16+/t19-/m0/s1. The summed E-state index contributed by atoms with van der Waals surface area (Å²) in [6.07, 6.45) is 20.3. The molecule has 0 aromatic carbocycles. The molecule has 0 aliphatic carbocycles. The van der Waals surface area contributed by atoms with Crippen LogP contribution in [0.1, 0.15) is 72.1 Å². The quantitative estimate of drug-likeness (QED) is 0.294. The van der Waals surface area contributed by atoms with Crippen molar-refractivity contribution in [2.75, 3.05) is 6.61 Å². The first kappa shape index (κ1) is 21.6. The number of aliphatic hydroxyl groups excluding tert-OH is 1. The monoisotopic (exact) mass is 321 g/mol. The number of hydrogen-bond acceptors (Lipinski definition) is 2. The zero-order chi connectivity index (χ0) is 17.3. The van der Waals surface area contributed by atoms with Crippen molar-refractivity contribution >= 4 is 5.91 Å². The summed E-state index contributed by atoms with van der Waals surface area (Å²) < 4.78 is 0. The van der Waals surface area contributed by atoms with Crippen LogP contribution in [0.5, 0.6) is 0 Å². The van der Waals surface area contributed by atoms with Gasteiger partial charge >= 0.3 is 0 Å². The van der Waals surface area contributed by atoms with Gasteiger partial charge < -0.3 is 10.4 Å². The minimum absolute atomic E-state index is 0.0454. The number of unbranched alkanes of at least 4 members (excludes halogenated alkanes) is 7. The molecule has 0 aliphatic rings. The Bertz CT molecular complexity index is 383. The summed E-state index contributed by atoms with van der Waals surface area (Å²) in [7, 11) is 0. The Morgan fingerprint density at radius 2 is 1.70 bits per heavy atom. The molecule has 0 heterocycles. The number of amides is 1. The van der Waals surface area contributed by atoms with Crippen LogP contribution in [0.2, 0.25) is 0 Å². The van der Waals surface area contributed by atoms with E-state index in [1.165, 1.54) is 44.9 Å². The second kappa shape index (κ2) is 15.5. The predicted molar refractivity (Wildman–Crippen MR) is 99.3 cm³/mol. The van der Waals surface area contributed by atoms with Crippen molar-refractivity contribution in [1.29, 1.82) is 0 Å². The third kappa shape index (κ3) is 14.0. The Morgan fingerprint density at radius 1 is 1.04 bits per heavy atom. The van der Waals surface area contributed by atoms with Crippen LogP contribution < -0.4 is 5.32 Å². The second-order valence-corrected chi connectivity index (χ2v) is 6.13. The van der Waals surface area contributed by atoms with Crippen molar-refractivity contribution in [3.8, 4) is 0 Å². The van der Waals surface area contributed by atoms with Crippen LogP contribution in [0, 0.1) is 0 Å². The van der Waals surface area contributed by atoms with Crippen LogP contribution in [-0.2, 0) is 4.79 Å². The molecule has 132 valence electrons. The fourth-order valence-corrected chi connectivity index (χ4v) is 2.12. The van der Waals surface area contributed by atoms with Crippen molar-refractivity contribution in [3.05, 3.63) is 36.0 Å². The van der Waals surface area contributed by atoms with Crippen molar-refractivity contribution in [3.63, 3.8) is 0 Å². The minimum Gasteiger partial charge on any atom is -0.394 e. The first-order chi connectivity index (χ1) is 11.1. The number of rotatable bonds is 13. The van der Waals surface area contributed by atoms with Crippen LogP contribution in [0.4, 0.5) is 0 Å². The first-order valence-corrected chi connectivity index (χ1v) is 9.03. The van der Waals surface area contributed by atoms with Gasteiger partial charge in [0, 0.05) is 11.6 Å². The topological polar surface area (TPSA) is 49.3 Å². The van der Waals surface area contributed by atoms with Crippen LogP contribution >= 0.6 is 0 Å². The molecule has 23 heavy (non-hydrogen) atoms. The highest BCUT2D eigenvalue weighted by Crippen LogP contribution is 2.08. The number of carbonyl (C=O) groups is 1. The van der Waals surface area contributed by atoms with Gasteiger partial charge in [0.1, 0.15) is 0 Å².